The zero-order valence-electron chi connectivity index (χ0n) is 12.4. The van der Waals surface area contributed by atoms with Gasteiger partial charge in [-0.15, -0.1) is 0 Å². The summed E-state index contributed by atoms with van der Waals surface area (Å²) in [7, 11) is 0. The van der Waals surface area contributed by atoms with Gasteiger partial charge in [-0.2, -0.15) is 8.75 Å². The molecule has 112 valence electrons. The van der Waals surface area contributed by atoms with Crippen LogP contribution in [0.5, 0.6) is 5.75 Å². The number of aryl methyl sites for hydroxylation is 1. The number of carbonyl (C=O) groups excluding carboxylic acids is 1. The fourth-order valence-electron chi connectivity index (χ4n) is 1.64. The average Bonchev–Trinajstić information content (AvgIpc) is 2.90. The molecule has 2 aromatic rings. The summed E-state index contributed by atoms with van der Waals surface area (Å²) in [5, 5.41) is 2.93. The molecular weight excluding hydrogens is 286 g/mol. The number of rotatable bonds is 6. The van der Waals surface area contributed by atoms with Crippen LogP contribution in [-0.4, -0.2) is 20.7 Å². The van der Waals surface area contributed by atoms with Gasteiger partial charge < -0.3 is 10.1 Å². The molecule has 6 heteroatoms. The Hall–Kier alpha value is -1.95. The van der Waals surface area contributed by atoms with Crippen molar-refractivity contribution in [3.63, 3.8) is 0 Å². The molecule has 1 unspecified atom stereocenters. The molecule has 1 aromatic carbocycles. The quantitative estimate of drug-likeness (QED) is 0.891. The molecule has 1 aromatic heterocycles. The summed E-state index contributed by atoms with van der Waals surface area (Å²) in [6.45, 7) is 6.32. The Morgan fingerprint density at radius 2 is 2.05 bits per heavy atom. The molecule has 1 amide bonds. The topological polar surface area (TPSA) is 64.1 Å². The highest BCUT2D eigenvalue weighted by Crippen LogP contribution is 2.15. The lowest BCUT2D eigenvalue weighted by Gasteiger charge is -2.11. The molecule has 0 spiro atoms. The highest BCUT2D eigenvalue weighted by molar-refractivity contribution is 6.99. The number of hydrogen-bond acceptors (Lipinski definition) is 5. The first-order valence-corrected chi connectivity index (χ1v) is 7.65. The number of carbonyl (C=O) groups is 1. The average molecular weight is 305 g/mol. The van der Waals surface area contributed by atoms with Gasteiger partial charge in [0.1, 0.15) is 18.1 Å². The van der Waals surface area contributed by atoms with Gasteiger partial charge in [0.25, 0.3) is 5.91 Å². The van der Waals surface area contributed by atoms with Crippen molar-refractivity contribution in [2.75, 3.05) is 0 Å². The van der Waals surface area contributed by atoms with Gasteiger partial charge in [-0.05, 0) is 44.5 Å². The standard InChI is InChI=1S/C15H19N3O2S/c1-4-10(2)16-15(19)12-5-7-13(8-6-12)20-9-14-11(3)17-21-18-14/h5-8,10H,4,9H2,1-3H3,(H,16,19). The molecule has 0 saturated carbocycles. The molecule has 1 N–H and O–H groups in total. The molecule has 1 heterocycles. The number of benzene rings is 1. The summed E-state index contributed by atoms with van der Waals surface area (Å²) in [5.41, 5.74) is 2.37. The number of ether oxygens (including phenoxy) is 1. The molecule has 2 rings (SSSR count). The van der Waals surface area contributed by atoms with E-state index in [1.165, 1.54) is 11.7 Å². The largest absolute Gasteiger partial charge is 0.487 e. The molecule has 0 saturated heterocycles. The van der Waals surface area contributed by atoms with E-state index in [1.807, 2.05) is 20.8 Å². The van der Waals surface area contributed by atoms with Crippen molar-refractivity contribution in [2.45, 2.75) is 39.8 Å². The summed E-state index contributed by atoms with van der Waals surface area (Å²) in [5.74, 6) is 0.651. The molecular formula is C15H19N3O2S. The van der Waals surface area contributed by atoms with Crippen molar-refractivity contribution in [3.05, 3.63) is 41.2 Å². The van der Waals surface area contributed by atoms with Crippen molar-refractivity contribution in [1.29, 1.82) is 0 Å². The zero-order valence-corrected chi connectivity index (χ0v) is 13.2. The zero-order chi connectivity index (χ0) is 15.2. The number of nitrogens with one attached hydrogen (secondary N) is 1. The lowest BCUT2D eigenvalue weighted by molar-refractivity contribution is 0.0939. The Labute approximate surface area is 128 Å². The van der Waals surface area contributed by atoms with Gasteiger partial charge >= 0.3 is 0 Å². The van der Waals surface area contributed by atoms with Crippen LogP contribution < -0.4 is 10.1 Å². The van der Waals surface area contributed by atoms with Gasteiger partial charge in [-0.1, -0.05) is 6.92 Å². The first-order valence-electron chi connectivity index (χ1n) is 6.92. The van der Waals surface area contributed by atoms with Gasteiger partial charge in [0.15, 0.2) is 0 Å². The van der Waals surface area contributed by atoms with Crippen molar-refractivity contribution in [1.82, 2.24) is 14.1 Å². The number of aromatic nitrogens is 2. The van der Waals surface area contributed by atoms with E-state index in [-0.39, 0.29) is 11.9 Å². The number of nitrogens with zero attached hydrogens (tertiary/aromatic N) is 2. The Morgan fingerprint density at radius 1 is 1.33 bits per heavy atom. The Morgan fingerprint density at radius 3 is 2.62 bits per heavy atom. The van der Waals surface area contributed by atoms with Gasteiger partial charge in [-0.25, -0.2) is 0 Å². The molecule has 0 fully saturated rings. The van der Waals surface area contributed by atoms with Crippen LogP contribution in [0.1, 0.15) is 42.0 Å². The van der Waals surface area contributed by atoms with Crippen LogP contribution in [0.4, 0.5) is 0 Å². The Bertz CT molecular complexity index is 595. The smallest absolute Gasteiger partial charge is 0.251 e. The summed E-state index contributed by atoms with van der Waals surface area (Å²) >= 11 is 1.18. The maximum absolute atomic E-state index is 11.9. The van der Waals surface area contributed by atoms with Crippen molar-refractivity contribution < 1.29 is 9.53 Å². The van der Waals surface area contributed by atoms with Crippen molar-refractivity contribution in [3.8, 4) is 5.75 Å². The normalized spacial score (nSPS) is 12.0. The molecule has 0 aliphatic heterocycles. The fraction of sp³-hybridized carbons (Fsp3) is 0.400. The predicted octanol–water partition coefficient (Wildman–Crippen LogP) is 2.95. The van der Waals surface area contributed by atoms with E-state index in [0.29, 0.717) is 17.9 Å². The lowest BCUT2D eigenvalue weighted by Crippen LogP contribution is -2.31. The highest BCUT2D eigenvalue weighted by atomic mass is 32.1. The SMILES string of the molecule is CCC(C)NC(=O)c1ccc(OCc2nsnc2C)cc1. The lowest BCUT2D eigenvalue weighted by atomic mass is 10.2. The minimum atomic E-state index is -0.0598. The number of amides is 1. The van der Waals surface area contributed by atoms with Crippen LogP contribution in [0.25, 0.3) is 0 Å². The van der Waals surface area contributed by atoms with Crippen LogP contribution in [0.3, 0.4) is 0 Å². The van der Waals surface area contributed by atoms with E-state index in [2.05, 4.69) is 14.1 Å². The van der Waals surface area contributed by atoms with Gasteiger partial charge in [0.2, 0.25) is 0 Å². The van der Waals surface area contributed by atoms with Crippen molar-refractivity contribution >= 4 is 17.6 Å². The van der Waals surface area contributed by atoms with E-state index < -0.39 is 0 Å². The van der Waals surface area contributed by atoms with Crippen LogP contribution >= 0.6 is 11.7 Å². The van der Waals surface area contributed by atoms with Gasteiger partial charge in [0, 0.05) is 11.6 Å². The van der Waals surface area contributed by atoms with E-state index in [9.17, 15) is 4.79 Å². The molecule has 5 nitrogen and oxygen atoms in total. The van der Waals surface area contributed by atoms with Crippen LogP contribution in [0, 0.1) is 6.92 Å². The second kappa shape index (κ2) is 7.17. The fourth-order valence-corrected chi connectivity index (χ4v) is 2.20. The first-order chi connectivity index (χ1) is 10.1. The summed E-state index contributed by atoms with van der Waals surface area (Å²) in [6, 6.07) is 7.29. The maximum Gasteiger partial charge on any atom is 0.251 e. The van der Waals surface area contributed by atoms with Crippen LogP contribution in [-0.2, 0) is 6.61 Å². The maximum atomic E-state index is 11.9. The van der Waals surface area contributed by atoms with E-state index in [0.717, 1.165) is 17.8 Å². The molecule has 1 atom stereocenters. The summed E-state index contributed by atoms with van der Waals surface area (Å²) in [6.07, 6.45) is 0.911. The van der Waals surface area contributed by atoms with E-state index in [1.54, 1.807) is 24.3 Å². The second-order valence-corrected chi connectivity index (χ2v) is 5.42. The van der Waals surface area contributed by atoms with E-state index in [4.69, 9.17) is 4.74 Å². The third-order valence-corrected chi connectivity index (χ3v) is 3.89. The van der Waals surface area contributed by atoms with Gasteiger partial charge in [-0.3, -0.25) is 4.79 Å². The second-order valence-electron chi connectivity index (χ2n) is 4.89. The van der Waals surface area contributed by atoms with Crippen molar-refractivity contribution in [2.24, 2.45) is 0 Å². The monoisotopic (exact) mass is 305 g/mol. The minimum Gasteiger partial charge on any atom is -0.487 e. The minimum absolute atomic E-state index is 0.0598. The third kappa shape index (κ3) is 4.26. The highest BCUT2D eigenvalue weighted by Gasteiger charge is 2.09. The molecule has 0 aliphatic rings. The predicted molar refractivity (Wildman–Crippen MR) is 82.6 cm³/mol. The van der Waals surface area contributed by atoms with E-state index >= 15 is 0 Å². The van der Waals surface area contributed by atoms with Crippen LogP contribution in [0.15, 0.2) is 24.3 Å². The summed E-state index contributed by atoms with van der Waals surface area (Å²) < 4.78 is 13.9. The Balaban J connectivity index is 1.92. The van der Waals surface area contributed by atoms with Gasteiger partial charge in [0.05, 0.1) is 17.4 Å². The van der Waals surface area contributed by atoms with Crippen LogP contribution in [0.2, 0.25) is 0 Å². The summed E-state index contributed by atoms with van der Waals surface area (Å²) in [4.78, 5) is 11.9. The molecule has 0 radical (unpaired) electrons. The first kappa shape index (κ1) is 15.4. The number of hydrogen-bond donors (Lipinski definition) is 1. The Kier molecular flexibility index (Phi) is 5.27. The third-order valence-electron chi connectivity index (χ3n) is 3.23. The molecule has 0 aliphatic carbocycles. The molecule has 0 bridgehead atoms. The molecule has 21 heavy (non-hydrogen) atoms.